The van der Waals surface area contributed by atoms with Crippen LogP contribution in [0.3, 0.4) is 0 Å². The van der Waals surface area contributed by atoms with Crippen LogP contribution in [0, 0.1) is 18.3 Å². The Morgan fingerprint density at radius 1 is 1.37 bits per heavy atom. The largest absolute Gasteiger partial charge is 0.383 e. The third-order valence-corrected chi connectivity index (χ3v) is 3.36. The summed E-state index contributed by atoms with van der Waals surface area (Å²) in [6.07, 6.45) is 0. The first kappa shape index (κ1) is 11.5. The average Bonchev–Trinajstić information content (AvgIpc) is 2.80. The molecule has 1 aromatic carbocycles. The van der Waals surface area contributed by atoms with Crippen molar-refractivity contribution < 1.29 is 0 Å². The summed E-state index contributed by atoms with van der Waals surface area (Å²) in [7, 11) is 0. The van der Waals surface area contributed by atoms with Gasteiger partial charge in [0.2, 0.25) is 0 Å². The second kappa shape index (κ2) is 4.25. The summed E-state index contributed by atoms with van der Waals surface area (Å²) in [5.74, 6) is 0.354. The molecule has 0 aliphatic carbocycles. The van der Waals surface area contributed by atoms with E-state index in [1.807, 2.05) is 25.1 Å². The summed E-state index contributed by atoms with van der Waals surface area (Å²) in [5, 5.41) is 20.3. The van der Waals surface area contributed by atoms with Gasteiger partial charge in [-0.3, -0.25) is 0 Å². The maximum absolute atomic E-state index is 9.05. The zero-order valence-electron chi connectivity index (χ0n) is 10.5. The molecule has 0 bridgehead atoms. The van der Waals surface area contributed by atoms with Gasteiger partial charge in [0.05, 0.1) is 17.7 Å². The summed E-state index contributed by atoms with van der Waals surface area (Å²) in [4.78, 5) is 0. The highest BCUT2D eigenvalue weighted by Crippen LogP contribution is 2.34. The molecule has 1 unspecified atom stereocenters. The Kier molecular flexibility index (Phi) is 2.57. The van der Waals surface area contributed by atoms with Gasteiger partial charge in [-0.1, -0.05) is 12.1 Å². The van der Waals surface area contributed by atoms with Gasteiger partial charge in [0.25, 0.3) is 0 Å². The molecule has 2 aromatic rings. The number of fused-ring (bicyclic) bond motifs is 1. The molecular formula is C14H13N5. The normalized spacial score (nSPS) is 16.5. The number of rotatable bonds is 1. The third kappa shape index (κ3) is 1.87. The fourth-order valence-corrected chi connectivity index (χ4v) is 2.39. The topological polar surface area (TPSA) is 87.6 Å². The third-order valence-electron chi connectivity index (χ3n) is 3.36. The van der Waals surface area contributed by atoms with Crippen molar-refractivity contribution in [3.05, 3.63) is 35.4 Å². The van der Waals surface area contributed by atoms with Gasteiger partial charge in [0.15, 0.2) is 0 Å². The van der Waals surface area contributed by atoms with Crippen LogP contribution in [0.4, 0.5) is 11.5 Å². The average molecular weight is 251 g/mol. The molecule has 0 amide bonds. The molecule has 0 radical (unpaired) electrons. The number of aryl methyl sites for hydroxylation is 1. The Morgan fingerprint density at radius 2 is 2.21 bits per heavy atom. The molecule has 0 fully saturated rings. The number of benzene rings is 1. The highest BCUT2D eigenvalue weighted by molar-refractivity contribution is 5.72. The molecule has 0 saturated carbocycles. The first-order valence-corrected chi connectivity index (χ1v) is 6.06. The van der Waals surface area contributed by atoms with E-state index in [2.05, 4.69) is 21.6 Å². The van der Waals surface area contributed by atoms with Crippen LogP contribution in [0.25, 0.3) is 11.3 Å². The van der Waals surface area contributed by atoms with Crippen LogP contribution in [0.15, 0.2) is 24.3 Å². The van der Waals surface area contributed by atoms with Gasteiger partial charge < -0.3 is 11.1 Å². The number of nitrogens with zero attached hydrogens (tertiary/aromatic N) is 3. The molecule has 0 spiro atoms. The highest BCUT2D eigenvalue weighted by Gasteiger charge is 2.22. The van der Waals surface area contributed by atoms with E-state index in [4.69, 9.17) is 11.0 Å². The summed E-state index contributed by atoms with van der Waals surface area (Å²) in [6.45, 7) is 2.63. The Morgan fingerprint density at radius 3 is 2.95 bits per heavy atom. The standard InChI is InChI=1S/C14H13N5/c1-8-4-13(16)18-19-14(8)9-2-3-11-10(6-15)7-17-12(11)5-9/h2-5,10,17H,7H2,1H3,(H2,16,18). The zero-order valence-corrected chi connectivity index (χ0v) is 10.5. The van der Waals surface area contributed by atoms with Crippen LogP contribution in [-0.2, 0) is 0 Å². The zero-order chi connectivity index (χ0) is 13.4. The lowest BCUT2D eigenvalue weighted by Gasteiger charge is -2.07. The molecule has 1 atom stereocenters. The van der Waals surface area contributed by atoms with E-state index in [0.29, 0.717) is 12.4 Å². The fraction of sp³-hybridized carbons (Fsp3) is 0.214. The van der Waals surface area contributed by atoms with Crippen LogP contribution in [-0.4, -0.2) is 16.7 Å². The molecular weight excluding hydrogens is 238 g/mol. The van der Waals surface area contributed by atoms with Crippen LogP contribution < -0.4 is 11.1 Å². The minimum absolute atomic E-state index is 0.0670. The number of nitrogens with one attached hydrogen (secondary N) is 1. The summed E-state index contributed by atoms with van der Waals surface area (Å²) in [5.41, 5.74) is 10.4. The van der Waals surface area contributed by atoms with Crippen LogP contribution >= 0.6 is 0 Å². The first-order valence-electron chi connectivity index (χ1n) is 6.06. The minimum Gasteiger partial charge on any atom is -0.383 e. The molecule has 3 N–H and O–H groups in total. The molecule has 1 aliphatic rings. The molecule has 2 heterocycles. The van der Waals surface area contributed by atoms with E-state index in [0.717, 1.165) is 28.1 Å². The van der Waals surface area contributed by atoms with Crippen molar-refractivity contribution in [3.8, 4) is 17.3 Å². The summed E-state index contributed by atoms with van der Waals surface area (Å²) < 4.78 is 0. The highest BCUT2D eigenvalue weighted by atomic mass is 15.1. The van der Waals surface area contributed by atoms with Gasteiger partial charge in [0, 0.05) is 17.8 Å². The molecule has 5 nitrogen and oxygen atoms in total. The van der Waals surface area contributed by atoms with Crippen LogP contribution in [0.1, 0.15) is 17.0 Å². The maximum Gasteiger partial charge on any atom is 0.146 e. The number of hydrogen-bond acceptors (Lipinski definition) is 5. The number of nitrogen functional groups attached to an aromatic ring is 1. The van der Waals surface area contributed by atoms with Gasteiger partial charge >= 0.3 is 0 Å². The van der Waals surface area contributed by atoms with Crippen molar-refractivity contribution in [2.24, 2.45) is 0 Å². The van der Waals surface area contributed by atoms with Crippen molar-refractivity contribution in [2.75, 3.05) is 17.6 Å². The van der Waals surface area contributed by atoms with E-state index in [-0.39, 0.29) is 5.92 Å². The molecule has 1 aliphatic heterocycles. The molecule has 5 heteroatoms. The van der Waals surface area contributed by atoms with Crippen molar-refractivity contribution in [3.63, 3.8) is 0 Å². The maximum atomic E-state index is 9.05. The van der Waals surface area contributed by atoms with E-state index in [9.17, 15) is 0 Å². The van der Waals surface area contributed by atoms with Gasteiger partial charge in [-0.15, -0.1) is 10.2 Å². The minimum atomic E-state index is -0.0670. The number of aromatic nitrogens is 2. The Balaban J connectivity index is 2.06. The van der Waals surface area contributed by atoms with Crippen molar-refractivity contribution in [2.45, 2.75) is 12.8 Å². The fourth-order valence-electron chi connectivity index (χ4n) is 2.39. The van der Waals surface area contributed by atoms with Crippen LogP contribution in [0.5, 0.6) is 0 Å². The second-order valence-corrected chi connectivity index (χ2v) is 4.67. The summed E-state index contributed by atoms with van der Waals surface area (Å²) in [6, 6.07) is 10.1. The SMILES string of the molecule is Cc1cc(N)nnc1-c1ccc2c(c1)NCC2C#N. The summed E-state index contributed by atoms with van der Waals surface area (Å²) >= 11 is 0. The van der Waals surface area contributed by atoms with Gasteiger partial charge in [-0.05, 0) is 30.2 Å². The first-order chi connectivity index (χ1) is 9.19. The van der Waals surface area contributed by atoms with Gasteiger partial charge in [-0.25, -0.2) is 0 Å². The number of nitriles is 1. The van der Waals surface area contributed by atoms with Gasteiger partial charge in [-0.2, -0.15) is 5.26 Å². The molecule has 3 rings (SSSR count). The lowest BCUT2D eigenvalue weighted by atomic mass is 9.99. The molecule has 19 heavy (non-hydrogen) atoms. The number of nitrogens with two attached hydrogens (primary N) is 1. The van der Waals surface area contributed by atoms with Crippen LogP contribution in [0.2, 0.25) is 0 Å². The number of hydrogen-bond donors (Lipinski definition) is 2. The Bertz CT molecular complexity index is 687. The molecule has 0 saturated heterocycles. The van der Waals surface area contributed by atoms with E-state index in [1.165, 1.54) is 0 Å². The van der Waals surface area contributed by atoms with Crippen molar-refractivity contribution in [1.82, 2.24) is 10.2 Å². The Hall–Kier alpha value is -2.61. The van der Waals surface area contributed by atoms with Crippen molar-refractivity contribution >= 4 is 11.5 Å². The predicted molar refractivity (Wildman–Crippen MR) is 73.5 cm³/mol. The quantitative estimate of drug-likeness (QED) is 0.810. The van der Waals surface area contributed by atoms with E-state index < -0.39 is 0 Å². The molecule has 94 valence electrons. The monoisotopic (exact) mass is 251 g/mol. The number of anilines is 2. The molecule has 1 aromatic heterocycles. The van der Waals surface area contributed by atoms with E-state index in [1.54, 1.807) is 6.07 Å². The van der Waals surface area contributed by atoms with E-state index >= 15 is 0 Å². The predicted octanol–water partition coefficient (Wildman–Crippen LogP) is 2.07. The lowest BCUT2D eigenvalue weighted by Crippen LogP contribution is -1.98. The second-order valence-electron chi connectivity index (χ2n) is 4.67. The van der Waals surface area contributed by atoms with Crippen molar-refractivity contribution in [1.29, 1.82) is 5.26 Å². The van der Waals surface area contributed by atoms with Gasteiger partial charge in [0.1, 0.15) is 5.82 Å². The smallest absolute Gasteiger partial charge is 0.146 e. The Labute approximate surface area is 111 Å². The lowest BCUT2D eigenvalue weighted by molar-refractivity contribution is 0.963.